The van der Waals surface area contributed by atoms with E-state index in [0.717, 1.165) is 0 Å². The van der Waals surface area contributed by atoms with Crippen molar-refractivity contribution in [3.8, 4) is 0 Å². The maximum Gasteiger partial charge on any atom is 0.330 e. The standard InChI is InChI=1S/C10H12N2O2/c1-2-14-10(13)4-3-8-7-12-6-5-9(8)11/h3-7H,2H2,1H3,(H2,11,12)/b4-3+. The van der Waals surface area contributed by atoms with E-state index in [-0.39, 0.29) is 5.97 Å². The molecule has 0 amide bonds. The molecule has 2 N–H and O–H groups in total. The number of hydrogen-bond donors (Lipinski definition) is 1. The van der Waals surface area contributed by atoms with Crippen LogP contribution in [0.1, 0.15) is 12.5 Å². The number of pyridine rings is 1. The van der Waals surface area contributed by atoms with Crippen LogP contribution in [-0.4, -0.2) is 17.6 Å². The zero-order valence-corrected chi connectivity index (χ0v) is 7.93. The van der Waals surface area contributed by atoms with Crippen LogP contribution in [0.5, 0.6) is 0 Å². The van der Waals surface area contributed by atoms with E-state index in [1.54, 1.807) is 31.5 Å². The number of carbonyl (C=O) groups is 1. The lowest BCUT2D eigenvalue weighted by atomic mass is 10.2. The molecule has 1 heterocycles. The van der Waals surface area contributed by atoms with Gasteiger partial charge < -0.3 is 10.5 Å². The minimum absolute atomic E-state index is 0.367. The molecule has 0 aliphatic heterocycles. The molecule has 1 aromatic heterocycles. The van der Waals surface area contributed by atoms with Crippen molar-refractivity contribution in [3.63, 3.8) is 0 Å². The van der Waals surface area contributed by atoms with Gasteiger partial charge in [0.1, 0.15) is 0 Å². The van der Waals surface area contributed by atoms with Crippen LogP contribution in [0.4, 0.5) is 5.69 Å². The van der Waals surface area contributed by atoms with Crippen molar-refractivity contribution in [2.45, 2.75) is 6.92 Å². The first kappa shape index (κ1) is 10.2. The number of nitrogen functional groups attached to an aromatic ring is 1. The van der Waals surface area contributed by atoms with Crippen LogP contribution >= 0.6 is 0 Å². The van der Waals surface area contributed by atoms with Crippen LogP contribution in [0.25, 0.3) is 6.08 Å². The van der Waals surface area contributed by atoms with Crippen molar-refractivity contribution < 1.29 is 9.53 Å². The van der Waals surface area contributed by atoms with Gasteiger partial charge in [0, 0.05) is 29.7 Å². The summed E-state index contributed by atoms with van der Waals surface area (Å²) in [5.41, 5.74) is 6.93. The van der Waals surface area contributed by atoms with Gasteiger partial charge in [-0.05, 0) is 19.1 Å². The SMILES string of the molecule is CCOC(=O)/C=C/c1cnccc1N. The van der Waals surface area contributed by atoms with E-state index in [9.17, 15) is 4.79 Å². The number of rotatable bonds is 3. The van der Waals surface area contributed by atoms with Crippen molar-refractivity contribution in [3.05, 3.63) is 30.1 Å². The van der Waals surface area contributed by atoms with Crippen molar-refractivity contribution >= 4 is 17.7 Å². The van der Waals surface area contributed by atoms with Gasteiger partial charge in [-0.25, -0.2) is 4.79 Å². The summed E-state index contributed by atoms with van der Waals surface area (Å²) < 4.78 is 4.72. The average Bonchev–Trinajstić information content (AvgIpc) is 2.17. The van der Waals surface area contributed by atoms with Crippen LogP contribution in [0, 0.1) is 0 Å². The predicted molar refractivity (Wildman–Crippen MR) is 54.3 cm³/mol. The maximum absolute atomic E-state index is 11.0. The maximum atomic E-state index is 11.0. The Morgan fingerprint density at radius 2 is 2.50 bits per heavy atom. The Bertz CT molecular complexity index is 348. The number of carbonyl (C=O) groups excluding carboxylic acids is 1. The third-order valence-electron chi connectivity index (χ3n) is 1.57. The molecule has 0 fully saturated rings. The number of ether oxygens (including phenoxy) is 1. The number of aromatic nitrogens is 1. The van der Waals surface area contributed by atoms with E-state index in [4.69, 9.17) is 10.5 Å². The molecule has 4 nitrogen and oxygen atoms in total. The number of esters is 1. The summed E-state index contributed by atoms with van der Waals surface area (Å²) >= 11 is 0. The molecule has 4 heteroatoms. The lowest BCUT2D eigenvalue weighted by Crippen LogP contribution is -1.99. The van der Waals surface area contributed by atoms with E-state index in [1.807, 2.05) is 0 Å². The fourth-order valence-electron chi connectivity index (χ4n) is 0.905. The lowest BCUT2D eigenvalue weighted by Gasteiger charge is -1.98. The van der Waals surface area contributed by atoms with Crippen molar-refractivity contribution in [2.75, 3.05) is 12.3 Å². The molecule has 0 bridgehead atoms. The topological polar surface area (TPSA) is 65.2 Å². The smallest absolute Gasteiger partial charge is 0.330 e. The Morgan fingerprint density at radius 1 is 1.71 bits per heavy atom. The van der Waals surface area contributed by atoms with Gasteiger partial charge >= 0.3 is 5.97 Å². The summed E-state index contributed by atoms with van der Waals surface area (Å²) in [4.78, 5) is 14.8. The Kier molecular flexibility index (Phi) is 3.67. The average molecular weight is 192 g/mol. The molecular formula is C10H12N2O2. The highest BCUT2D eigenvalue weighted by molar-refractivity contribution is 5.88. The third-order valence-corrected chi connectivity index (χ3v) is 1.57. The van der Waals surface area contributed by atoms with E-state index >= 15 is 0 Å². The number of nitrogens with two attached hydrogens (primary N) is 1. The molecule has 0 atom stereocenters. The zero-order valence-electron chi connectivity index (χ0n) is 7.93. The van der Waals surface area contributed by atoms with Gasteiger partial charge in [-0.15, -0.1) is 0 Å². The second-order valence-corrected chi connectivity index (χ2v) is 2.59. The minimum Gasteiger partial charge on any atom is -0.463 e. The van der Waals surface area contributed by atoms with Gasteiger partial charge in [0.05, 0.1) is 6.61 Å². The molecule has 1 aromatic rings. The molecule has 74 valence electrons. The fourth-order valence-corrected chi connectivity index (χ4v) is 0.905. The highest BCUT2D eigenvalue weighted by Crippen LogP contribution is 2.10. The van der Waals surface area contributed by atoms with Crippen LogP contribution in [0.3, 0.4) is 0 Å². The lowest BCUT2D eigenvalue weighted by molar-refractivity contribution is -0.137. The van der Waals surface area contributed by atoms with Gasteiger partial charge in [-0.1, -0.05) is 0 Å². The van der Waals surface area contributed by atoms with Crippen molar-refractivity contribution in [2.24, 2.45) is 0 Å². The predicted octanol–water partition coefficient (Wildman–Crippen LogP) is 1.24. The van der Waals surface area contributed by atoms with Crippen LogP contribution in [0.2, 0.25) is 0 Å². The fraction of sp³-hybridized carbons (Fsp3) is 0.200. The van der Waals surface area contributed by atoms with Gasteiger partial charge in [-0.2, -0.15) is 0 Å². The third kappa shape index (κ3) is 2.90. The van der Waals surface area contributed by atoms with Crippen molar-refractivity contribution in [1.29, 1.82) is 0 Å². The highest BCUT2D eigenvalue weighted by Gasteiger charge is 1.96. The van der Waals surface area contributed by atoms with Gasteiger partial charge in [-0.3, -0.25) is 4.98 Å². The van der Waals surface area contributed by atoms with Gasteiger partial charge in [0.25, 0.3) is 0 Å². The van der Waals surface area contributed by atoms with E-state index in [0.29, 0.717) is 17.9 Å². The Labute approximate surface area is 82.4 Å². The second-order valence-electron chi connectivity index (χ2n) is 2.59. The molecule has 0 unspecified atom stereocenters. The van der Waals surface area contributed by atoms with Crippen LogP contribution in [0.15, 0.2) is 24.5 Å². The van der Waals surface area contributed by atoms with Crippen molar-refractivity contribution in [1.82, 2.24) is 4.98 Å². The number of hydrogen-bond acceptors (Lipinski definition) is 4. The molecule has 0 saturated carbocycles. The molecule has 0 saturated heterocycles. The molecular weight excluding hydrogens is 180 g/mol. The molecule has 14 heavy (non-hydrogen) atoms. The monoisotopic (exact) mass is 192 g/mol. The molecule has 0 aliphatic rings. The first-order valence-electron chi connectivity index (χ1n) is 4.28. The Balaban J connectivity index is 2.69. The normalized spacial score (nSPS) is 10.4. The summed E-state index contributed by atoms with van der Waals surface area (Å²) in [7, 11) is 0. The summed E-state index contributed by atoms with van der Waals surface area (Å²) in [5, 5.41) is 0. The molecule has 0 radical (unpaired) electrons. The quantitative estimate of drug-likeness (QED) is 0.578. The van der Waals surface area contributed by atoms with E-state index < -0.39 is 0 Å². The first-order valence-corrected chi connectivity index (χ1v) is 4.28. The number of anilines is 1. The van der Waals surface area contributed by atoms with E-state index in [2.05, 4.69) is 4.98 Å². The summed E-state index contributed by atoms with van der Waals surface area (Å²) in [6, 6.07) is 1.67. The zero-order chi connectivity index (χ0) is 10.4. The highest BCUT2D eigenvalue weighted by atomic mass is 16.5. The molecule has 0 aromatic carbocycles. The molecule has 0 aliphatic carbocycles. The van der Waals surface area contributed by atoms with E-state index in [1.165, 1.54) is 6.08 Å². The van der Waals surface area contributed by atoms with Gasteiger partial charge in [0.15, 0.2) is 0 Å². The minimum atomic E-state index is -0.379. The largest absolute Gasteiger partial charge is 0.463 e. The molecule has 0 spiro atoms. The van der Waals surface area contributed by atoms with Crippen LogP contribution < -0.4 is 5.73 Å². The van der Waals surface area contributed by atoms with Gasteiger partial charge in [0.2, 0.25) is 0 Å². The Hall–Kier alpha value is -1.84. The number of nitrogens with zero attached hydrogens (tertiary/aromatic N) is 1. The first-order chi connectivity index (χ1) is 6.74. The Morgan fingerprint density at radius 3 is 3.14 bits per heavy atom. The second kappa shape index (κ2) is 5.01. The van der Waals surface area contributed by atoms with Crippen LogP contribution in [-0.2, 0) is 9.53 Å². The summed E-state index contributed by atoms with van der Waals surface area (Å²) in [6.07, 6.45) is 6.10. The molecule has 1 rings (SSSR count). The summed E-state index contributed by atoms with van der Waals surface area (Å²) in [5.74, 6) is -0.379. The summed E-state index contributed by atoms with van der Waals surface area (Å²) in [6.45, 7) is 2.12.